The lowest BCUT2D eigenvalue weighted by molar-refractivity contribution is 0.564. The predicted octanol–water partition coefficient (Wildman–Crippen LogP) is 2.82. The molecule has 1 aromatic heterocycles. The number of anilines is 1. The Bertz CT molecular complexity index is 689. The first-order valence-corrected chi connectivity index (χ1v) is 8.34. The highest BCUT2D eigenvalue weighted by Gasteiger charge is 2.20. The highest BCUT2D eigenvalue weighted by atomic mass is 32.2. The van der Waals surface area contributed by atoms with Crippen molar-refractivity contribution in [1.29, 1.82) is 0 Å². The Morgan fingerprint density at radius 1 is 1.40 bits per heavy atom. The molecule has 108 valence electrons. The van der Waals surface area contributed by atoms with E-state index in [0.29, 0.717) is 0 Å². The lowest BCUT2D eigenvalue weighted by Gasteiger charge is -2.14. The van der Waals surface area contributed by atoms with Crippen LogP contribution in [-0.4, -0.2) is 8.42 Å². The quantitative estimate of drug-likeness (QED) is 0.852. The number of thiophene rings is 1. The standard InChI is InChI=1S/C13H15FN2O2S2/c1-8-12(14)5-11(6-13(8)15)20(17,18)16-9(2)10-3-4-19-7-10/h3-7,9,16H,15H2,1-2H3. The third-order valence-electron chi connectivity index (χ3n) is 3.04. The minimum Gasteiger partial charge on any atom is -0.398 e. The minimum atomic E-state index is -3.81. The van der Waals surface area contributed by atoms with E-state index in [9.17, 15) is 12.8 Å². The van der Waals surface area contributed by atoms with E-state index in [2.05, 4.69) is 4.72 Å². The van der Waals surface area contributed by atoms with Crippen LogP contribution >= 0.6 is 11.3 Å². The summed E-state index contributed by atoms with van der Waals surface area (Å²) in [7, 11) is -3.81. The van der Waals surface area contributed by atoms with Crippen molar-refractivity contribution in [2.24, 2.45) is 0 Å². The van der Waals surface area contributed by atoms with Gasteiger partial charge in [0.25, 0.3) is 0 Å². The first-order chi connectivity index (χ1) is 9.31. The highest BCUT2D eigenvalue weighted by Crippen LogP contribution is 2.23. The second-order valence-corrected chi connectivity index (χ2v) is 7.01. The Balaban J connectivity index is 2.31. The number of halogens is 1. The number of rotatable bonds is 4. The third-order valence-corrected chi connectivity index (χ3v) is 5.27. The number of benzene rings is 1. The molecule has 0 fully saturated rings. The number of nitrogen functional groups attached to an aromatic ring is 1. The van der Waals surface area contributed by atoms with Crippen LogP contribution in [0.15, 0.2) is 33.9 Å². The normalized spacial score (nSPS) is 13.3. The average molecular weight is 314 g/mol. The van der Waals surface area contributed by atoms with Crippen LogP contribution in [0, 0.1) is 12.7 Å². The highest BCUT2D eigenvalue weighted by molar-refractivity contribution is 7.89. The molecule has 2 rings (SSSR count). The number of nitrogens with one attached hydrogen (secondary N) is 1. The molecule has 1 heterocycles. The maximum absolute atomic E-state index is 13.6. The molecule has 3 N–H and O–H groups in total. The second kappa shape index (κ2) is 5.51. The zero-order valence-electron chi connectivity index (χ0n) is 11.1. The lowest BCUT2D eigenvalue weighted by atomic mass is 10.2. The minimum absolute atomic E-state index is 0.119. The van der Waals surface area contributed by atoms with Gasteiger partial charge in [0.15, 0.2) is 0 Å². The molecule has 1 aromatic carbocycles. The molecule has 0 amide bonds. The summed E-state index contributed by atoms with van der Waals surface area (Å²) in [4.78, 5) is -0.167. The molecule has 20 heavy (non-hydrogen) atoms. The van der Waals surface area contributed by atoms with Crippen LogP contribution in [0.25, 0.3) is 0 Å². The average Bonchev–Trinajstić information content (AvgIpc) is 2.88. The van der Waals surface area contributed by atoms with Crippen molar-refractivity contribution in [3.8, 4) is 0 Å². The van der Waals surface area contributed by atoms with Gasteiger partial charge in [-0.15, -0.1) is 0 Å². The Morgan fingerprint density at radius 3 is 2.65 bits per heavy atom. The Kier molecular flexibility index (Phi) is 4.12. The van der Waals surface area contributed by atoms with Crippen molar-refractivity contribution in [2.45, 2.75) is 24.8 Å². The van der Waals surface area contributed by atoms with Gasteiger partial charge in [-0.05, 0) is 48.4 Å². The molecule has 2 aromatic rings. The first kappa shape index (κ1) is 15.0. The number of nitrogens with two attached hydrogens (primary N) is 1. The number of sulfonamides is 1. The number of hydrogen-bond acceptors (Lipinski definition) is 4. The summed E-state index contributed by atoms with van der Waals surface area (Å²) in [5, 5.41) is 3.72. The zero-order chi connectivity index (χ0) is 14.9. The monoisotopic (exact) mass is 314 g/mol. The molecule has 0 bridgehead atoms. The molecule has 0 aliphatic heterocycles. The fraction of sp³-hybridized carbons (Fsp3) is 0.231. The summed E-state index contributed by atoms with van der Waals surface area (Å²) in [5.74, 6) is -0.631. The smallest absolute Gasteiger partial charge is 0.241 e. The van der Waals surface area contributed by atoms with Crippen molar-refractivity contribution in [3.63, 3.8) is 0 Å². The van der Waals surface area contributed by atoms with Crippen molar-refractivity contribution >= 4 is 27.0 Å². The first-order valence-electron chi connectivity index (χ1n) is 5.91. The van der Waals surface area contributed by atoms with Gasteiger partial charge >= 0.3 is 0 Å². The summed E-state index contributed by atoms with van der Waals surface area (Å²) in [6, 6.07) is 3.69. The molecular weight excluding hydrogens is 299 g/mol. The second-order valence-electron chi connectivity index (χ2n) is 4.52. The van der Waals surface area contributed by atoms with E-state index in [0.717, 1.165) is 11.6 Å². The van der Waals surface area contributed by atoms with E-state index in [1.807, 2.05) is 16.8 Å². The third kappa shape index (κ3) is 3.00. The van der Waals surface area contributed by atoms with E-state index < -0.39 is 21.9 Å². The van der Waals surface area contributed by atoms with Crippen molar-refractivity contribution in [3.05, 3.63) is 45.9 Å². The molecule has 0 aliphatic rings. The molecule has 0 saturated heterocycles. The maximum Gasteiger partial charge on any atom is 0.241 e. The van der Waals surface area contributed by atoms with Gasteiger partial charge in [-0.1, -0.05) is 0 Å². The van der Waals surface area contributed by atoms with E-state index in [-0.39, 0.29) is 16.1 Å². The van der Waals surface area contributed by atoms with Crippen molar-refractivity contribution in [2.75, 3.05) is 5.73 Å². The molecule has 1 unspecified atom stereocenters. The van der Waals surface area contributed by atoms with Crippen molar-refractivity contribution in [1.82, 2.24) is 4.72 Å². The van der Waals surface area contributed by atoms with Crippen LogP contribution in [0.4, 0.5) is 10.1 Å². The summed E-state index contributed by atoms with van der Waals surface area (Å²) in [5.41, 5.74) is 6.84. The molecule has 0 spiro atoms. The Hall–Kier alpha value is -1.44. The molecule has 1 atom stereocenters. The van der Waals surface area contributed by atoms with Gasteiger partial charge in [-0.2, -0.15) is 11.3 Å². The molecule has 0 saturated carbocycles. The van der Waals surface area contributed by atoms with Crippen LogP contribution in [0.3, 0.4) is 0 Å². The van der Waals surface area contributed by atoms with Gasteiger partial charge in [0.1, 0.15) is 5.82 Å². The van der Waals surface area contributed by atoms with Crippen LogP contribution in [0.1, 0.15) is 24.1 Å². The summed E-state index contributed by atoms with van der Waals surface area (Å²) < 4.78 is 40.6. The van der Waals surface area contributed by atoms with Crippen LogP contribution < -0.4 is 10.5 Å². The summed E-state index contributed by atoms with van der Waals surface area (Å²) in [6.45, 7) is 3.23. The van der Waals surface area contributed by atoms with E-state index in [1.54, 1.807) is 6.92 Å². The molecule has 4 nitrogen and oxygen atoms in total. The van der Waals surface area contributed by atoms with Gasteiger partial charge < -0.3 is 5.73 Å². The molecule has 7 heteroatoms. The topological polar surface area (TPSA) is 72.2 Å². The van der Waals surface area contributed by atoms with Crippen LogP contribution in [-0.2, 0) is 10.0 Å². The molecular formula is C13H15FN2O2S2. The van der Waals surface area contributed by atoms with E-state index >= 15 is 0 Å². The largest absolute Gasteiger partial charge is 0.398 e. The van der Waals surface area contributed by atoms with E-state index in [4.69, 9.17) is 5.73 Å². The van der Waals surface area contributed by atoms with Crippen molar-refractivity contribution < 1.29 is 12.8 Å². The SMILES string of the molecule is Cc1c(N)cc(S(=O)(=O)NC(C)c2ccsc2)cc1F. The van der Waals surface area contributed by atoms with Gasteiger partial charge in [0.2, 0.25) is 10.0 Å². The fourth-order valence-corrected chi connectivity index (χ4v) is 3.75. The number of hydrogen-bond donors (Lipinski definition) is 2. The lowest BCUT2D eigenvalue weighted by Crippen LogP contribution is -2.27. The Labute approximate surface area is 121 Å². The predicted molar refractivity (Wildman–Crippen MR) is 78.6 cm³/mol. The summed E-state index contributed by atoms with van der Waals surface area (Å²) in [6.07, 6.45) is 0. The van der Waals surface area contributed by atoms with Gasteiger partial charge in [0, 0.05) is 17.3 Å². The molecule has 0 aliphatic carbocycles. The summed E-state index contributed by atoms with van der Waals surface area (Å²) >= 11 is 1.48. The molecule has 0 radical (unpaired) electrons. The Morgan fingerprint density at radius 2 is 2.10 bits per heavy atom. The van der Waals surface area contributed by atoms with Crippen LogP contribution in [0.2, 0.25) is 0 Å². The van der Waals surface area contributed by atoms with E-state index in [1.165, 1.54) is 24.3 Å². The van der Waals surface area contributed by atoms with Gasteiger partial charge in [-0.3, -0.25) is 0 Å². The maximum atomic E-state index is 13.6. The van der Waals surface area contributed by atoms with Gasteiger partial charge in [-0.25, -0.2) is 17.5 Å². The fourth-order valence-electron chi connectivity index (χ4n) is 1.72. The van der Waals surface area contributed by atoms with Crippen LogP contribution in [0.5, 0.6) is 0 Å². The zero-order valence-corrected chi connectivity index (χ0v) is 12.7. The van der Waals surface area contributed by atoms with Gasteiger partial charge in [0.05, 0.1) is 4.90 Å².